The van der Waals surface area contributed by atoms with Gasteiger partial charge in [-0.15, -0.1) is 0 Å². The summed E-state index contributed by atoms with van der Waals surface area (Å²) in [5.74, 6) is 0.117. The minimum absolute atomic E-state index is 0.0677. The monoisotopic (exact) mass is 239 g/mol. The highest BCUT2D eigenvalue weighted by Gasteiger charge is 2.40. The van der Waals surface area contributed by atoms with Gasteiger partial charge in [0.25, 0.3) is 0 Å². The Kier molecular flexibility index (Phi) is 4.08. The fraction of sp³-hybridized carbons (Fsp3) is 0.929. The molecule has 0 aromatic heterocycles. The lowest BCUT2D eigenvalue weighted by molar-refractivity contribution is -0.143. The molecule has 0 spiro atoms. The summed E-state index contributed by atoms with van der Waals surface area (Å²) in [6.45, 7) is 4.61. The molecule has 17 heavy (non-hydrogen) atoms. The van der Waals surface area contributed by atoms with Crippen LogP contribution >= 0.6 is 0 Å². The van der Waals surface area contributed by atoms with Crippen molar-refractivity contribution in [3.63, 3.8) is 0 Å². The van der Waals surface area contributed by atoms with Crippen LogP contribution < -0.4 is 5.32 Å². The molecule has 0 bridgehead atoms. The Morgan fingerprint density at radius 1 is 1.24 bits per heavy atom. The van der Waals surface area contributed by atoms with Crippen LogP contribution in [0.15, 0.2) is 0 Å². The number of carboxylic acids is 1. The molecule has 0 radical (unpaired) electrons. The molecule has 1 saturated carbocycles. The SMILES string of the molecule is CCC1(C2CCC(C(=O)O)CC2)CCNCC1. The molecule has 2 aliphatic rings. The molecule has 98 valence electrons. The van der Waals surface area contributed by atoms with Gasteiger partial charge >= 0.3 is 5.97 Å². The average molecular weight is 239 g/mol. The highest BCUT2D eigenvalue weighted by atomic mass is 16.4. The molecule has 1 aliphatic heterocycles. The Morgan fingerprint density at radius 2 is 1.82 bits per heavy atom. The maximum Gasteiger partial charge on any atom is 0.306 e. The van der Waals surface area contributed by atoms with Crippen molar-refractivity contribution in [2.45, 2.75) is 51.9 Å². The third-order valence-corrected chi connectivity index (χ3v) is 5.25. The number of nitrogens with one attached hydrogen (secondary N) is 1. The van der Waals surface area contributed by atoms with E-state index in [1.54, 1.807) is 0 Å². The Hall–Kier alpha value is -0.570. The first-order valence-corrected chi connectivity index (χ1v) is 7.11. The van der Waals surface area contributed by atoms with E-state index >= 15 is 0 Å². The molecule has 2 fully saturated rings. The summed E-state index contributed by atoms with van der Waals surface area (Å²) < 4.78 is 0. The molecule has 2 rings (SSSR count). The van der Waals surface area contributed by atoms with E-state index in [1.807, 2.05) is 0 Å². The summed E-state index contributed by atoms with van der Waals surface area (Å²) in [5, 5.41) is 12.5. The quantitative estimate of drug-likeness (QED) is 0.796. The van der Waals surface area contributed by atoms with Gasteiger partial charge in [-0.05, 0) is 62.9 Å². The van der Waals surface area contributed by atoms with Crippen LogP contribution in [0.4, 0.5) is 0 Å². The molecule has 0 aromatic carbocycles. The second kappa shape index (κ2) is 5.38. The van der Waals surface area contributed by atoms with E-state index in [4.69, 9.17) is 5.11 Å². The van der Waals surface area contributed by atoms with Crippen LogP contribution in [0.25, 0.3) is 0 Å². The number of piperidine rings is 1. The van der Waals surface area contributed by atoms with Gasteiger partial charge in [0.2, 0.25) is 0 Å². The largest absolute Gasteiger partial charge is 0.481 e. The van der Waals surface area contributed by atoms with Crippen LogP contribution in [0.2, 0.25) is 0 Å². The van der Waals surface area contributed by atoms with E-state index in [2.05, 4.69) is 12.2 Å². The maximum atomic E-state index is 11.0. The summed E-state index contributed by atoms with van der Waals surface area (Å²) in [4.78, 5) is 11.0. The second-order valence-corrected chi connectivity index (χ2v) is 5.85. The summed E-state index contributed by atoms with van der Waals surface area (Å²) in [6.07, 6.45) is 7.88. The van der Waals surface area contributed by atoms with Gasteiger partial charge in [-0.1, -0.05) is 13.3 Å². The second-order valence-electron chi connectivity index (χ2n) is 5.85. The van der Waals surface area contributed by atoms with E-state index in [-0.39, 0.29) is 5.92 Å². The van der Waals surface area contributed by atoms with E-state index in [1.165, 1.54) is 19.3 Å². The number of hydrogen-bond acceptors (Lipinski definition) is 2. The van der Waals surface area contributed by atoms with Crippen LogP contribution in [0.1, 0.15) is 51.9 Å². The van der Waals surface area contributed by atoms with Crippen molar-refractivity contribution >= 4 is 5.97 Å². The number of carboxylic acid groups (broad SMARTS) is 1. The van der Waals surface area contributed by atoms with Gasteiger partial charge in [0.1, 0.15) is 0 Å². The van der Waals surface area contributed by atoms with E-state index < -0.39 is 5.97 Å². The Labute approximate surface area is 104 Å². The van der Waals surface area contributed by atoms with Crippen LogP contribution in [-0.2, 0) is 4.79 Å². The lowest BCUT2D eigenvalue weighted by Gasteiger charge is -2.46. The lowest BCUT2D eigenvalue weighted by atomic mass is 9.61. The molecule has 0 aromatic rings. The van der Waals surface area contributed by atoms with Crippen LogP contribution in [0.3, 0.4) is 0 Å². The third-order valence-electron chi connectivity index (χ3n) is 5.25. The van der Waals surface area contributed by atoms with Crippen LogP contribution in [-0.4, -0.2) is 24.2 Å². The average Bonchev–Trinajstić information content (AvgIpc) is 2.39. The summed E-state index contributed by atoms with van der Waals surface area (Å²) in [5.41, 5.74) is 0.509. The van der Waals surface area contributed by atoms with Crippen molar-refractivity contribution in [1.29, 1.82) is 0 Å². The number of hydrogen-bond donors (Lipinski definition) is 2. The van der Waals surface area contributed by atoms with Gasteiger partial charge < -0.3 is 10.4 Å². The Bertz CT molecular complexity index is 263. The van der Waals surface area contributed by atoms with Gasteiger partial charge in [0, 0.05) is 0 Å². The van der Waals surface area contributed by atoms with Gasteiger partial charge in [0.15, 0.2) is 0 Å². The molecular formula is C14H25NO2. The predicted molar refractivity (Wildman–Crippen MR) is 67.9 cm³/mol. The number of aliphatic carboxylic acids is 1. The Balaban J connectivity index is 1.96. The fourth-order valence-corrected chi connectivity index (χ4v) is 3.93. The highest BCUT2D eigenvalue weighted by molar-refractivity contribution is 5.70. The zero-order valence-electron chi connectivity index (χ0n) is 10.9. The zero-order valence-corrected chi connectivity index (χ0v) is 10.9. The molecule has 0 unspecified atom stereocenters. The summed E-state index contributed by atoms with van der Waals surface area (Å²) in [7, 11) is 0. The zero-order chi connectivity index (χ0) is 12.3. The molecule has 1 saturated heterocycles. The first-order chi connectivity index (χ1) is 8.18. The normalized spacial score (nSPS) is 33.2. The van der Waals surface area contributed by atoms with Crippen molar-refractivity contribution in [2.75, 3.05) is 13.1 Å². The Morgan fingerprint density at radius 3 is 2.29 bits per heavy atom. The lowest BCUT2D eigenvalue weighted by Crippen LogP contribution is -2.43. The van der Waals surface area contributed by atoms with Crippen LogP contribution in [0, 0.1) is 17.3 Å². The van der Waals surface area contributed by atoms with Gasteiger partial charge in [-0.25, -0.2) is 0 Å². The molecule has 0 amide bonds. The summed E-state index contributed by atoms with van der Waals surface area (Å²) >= 11 is 0. The minimum atomic E-state index is -0.584. The molecule has 0 atom stereocenters. The van der Waals surface area contributed by atoms with Gasteiger partial charge in [-0.2, -0.15) is 0 Å². The van der Waals surface area contributed by atoms with Crippen molar-refractivity contribution in [3.8, 4) is 0 Å². The predicted octanol–water partition coefficient (Wildman–Crippen LogP) is 2.66. The first-order valence-electron chi connectivity index (χ1n) is 7.11. The number of carbonyl (C=O) groups is 1. The molecule has 2 N–H and O–H groups in total. The number of rotatable bonds is 3. The van der Waals surface area contributed by atoms with Gasteiger partial charge in [0.05, 0.1) is 5.92 Å². The summed E-state index contributed by atoms with van der Waals surface area (Å²) in [6, 6.07) is 0. The van der Waals surface area contributed by atoms with E-state index in [9.17, 15) is 4.79 Å². The minimum Gasteiger partial charge on any atom is -0.481 e. The topological polar surface area (TPSA) is 49.3 Å². The van der Waals surface area contributed by atoms with Crippen molar-refractivity contribution in [3.05, 3.63) is 0 Å². The molecule has 3 heteroatoms. The van der Waals surface area contributed by atoms with E-state index in [0.717, 1.165) is 44.7 Å². The van der Waals surface area contributed by atoms with Crippen LogP contribution in [0.5, 0.6) is 0 Å². The molecule has 3 nitrogen and oxygen atoms in total. The highest BCUT2D eigenvalue weighted by Crippen LogP contribution is 2.47. The van der Waals surface area contributed by atoms with Crippen molar-refractivity contribution < 1.29 is 9.90 Å². The maximum absolute atomic E-state index is 11.0. The molecule has 1 heterocycles. The van der Waals surface area contributed by atoms with Gasteiger partial charge in [-0.3, -0.25) is 4.79 Å². The smallest absolute Gasteiger partial charge is 0.306 e. The standard InChI is InChI=1S/C14H25NO2/c1-2-14(7-9-15-10-8-14)12-5-3-11(4-6-12)13(16)17/h11-12,15H,2-10H2,1H3,(H,16,17). The first kappa shape index (κ1) is 12.9. The fourth-order valence-electron chi connectivity index (χ4n) is 3.93. The van der Waals surface area contributed by atoms with E-state index in [0.29, 0.717) is 5.41 Å². The molecular weight excluding hydrogens is 214 g/mol. The van der Waals surface area contributed by atoms with Crippen molar-refractivity contribution in [2.24, 2.45) is 17.3 Å². The van der Waals surface area contributed by atoms with Crippen molar-refractivity contribution in [1.82, 2.24) is 5.32 Å². The third kappa shape index (κ3) is 2.65. The molecule has 1 aliphatic carbocycles.